The molecule has 0 unspecified atom stereocenters. The van der Waals surface area contributed by atoms with Gasteiger partial charge in [-0.3, -0.25) is 4.55 Å². The van der Waals surface area contributed by atoms with Crippen molar-refractivity contribution in [2.24, 2.45) is 5.41 Å². The van der Waals surface area contributed by atoms with Crippen LogP contribution in [0.4, 0.5) is 0 Å². The molecule has 0 bridgehead atoms. The Labute approximate surface area is 119 Å². The van der Waals surface area contributed by atoms with E-state index in [0.29, 0.717) is 11.8 Å². The Kier molecular flexibility index (Phi) is 9.71. The van der Waals surface area contributed by atoms with Crippen LogP contribution in [0.2, 0.25) is 0 Å². The Balaban J connectivity index is 3.57. The van der Waals surface area contributed by atoms with Crippen molar-refractivity contribution in [2.45, 2.75) is 85.0 Å². The van der Waals surface area contributed by atoms with Crippen molar-refractivity contribution in [1.29, 1.82) is 0 Å². The van der Waals surface area contributed by atoms with Gasteiger partial charge < -0.3 is 0 Å². The maximum Gasteiger partial charge on any atom is 0.264 e. The van der Waals surface area contributed by atoms with Gasteiger partial charge in [-0.05, 0) is 24.7 Å². The maximum absolute atomic E-state index is 10.6. The number of hydrogen-bond donors (Lipinski definition) is 1. The average Bonchev–Trinajstić information content (AvgIpc) is 2.28. The first-order chi connectivity index (χ1) is 8.77. The molecule has 0 amide bonds. The van der Waals surface area contributed by atoms with Gasteiger partial charge in [0.05, 0.1) is 5.75 Å². The van der Waals surface area contributed by atoms with Crippen molar-refractivity contribution in [1.82, 2.24) is 0 Å². The van der Waals surface area contributed by atoms with Gasteiger partial charge in [-0.2, -0.15) is 8.42 Å². The Morgan fingerprint density at radius 3 is 1.84 bits per heavy atom. The zero-order valence-electron chi connectivity index (χ0n) is 13.0. The van der Waals surface area contributed by atoms with E-state index in [1.165, 1.54) is 44.9 Å². The summed E-state index contributed by atoms with van der Waals surface area (Å²) in [4.78, 5) is 0. The normalized spacial score (nSPS) is 12.8. The van der Waals surface area contributed by atoms with Crippen molar-refractivity contribution < 1.29 is 13.0 Å². The molecular formula is C15H32O3S. The van der Waals surface area contributed by atoms with E-state index in [4.69, 9.17) is 4.55 Å². The van der Waals surface area contributed by atoms with Crippen LogP contribution < -0.4 is 0 Å². The van der Waals surface area contributed by atoms with E-state index in [1.807, 2.05) is 0 Å². The molecule has 0 aromatic heterocycles. The topological polar surface area (TPSA) is 54.4 Å². The zero-order chi connectivity index (χ0) is 14.8. The van der Waals surface area contributed by atoms with Gasteiger partial charge in [-0.25, -0.2) is 0 Å². The van der Waals surface area contributed by atoms with Crippen molar-refractivity contribution in [3.05, 3.63) is 0 Å². The lowest BCUT2D eigenvalue weighted by molar-refractivity contribution is 0.285. The van der Waals surface area contributed by atoms with Crippen LogP contribution in [0.15, 0.2) is 0 Å². The molecule has 0 rings (SSSR count). The maximum atomic E-state index is 10.6. The molecule has 4 heteroatoms. The van der Waals surface area contributed by atoms with Crippen LogP contribution in [0.3, 0.4) is 0 Å². The Morgan fingerprint density at radius 2 is 1.32 bits per heavy atom. The molecule has 0 saturated heterocycles. The van der Waals surface area contributed by atoms with E-state index >= 15 is 0 Å². The van der Waals surface area contributed by atoms with E-state index < -0.39 is 10.1 Å². The second-order valence-electron chi connectivity index (χ2n) is 6.43. The summed E-state index contributed by atoms with van der Waals surface area (Å²) in [6, 6.07) is 0. The fourth-order valence-corrected chi connectivity index (χ4v) is 2.97. The largest absolute Gasteiger partial charge is 0.286 e. The monoisotopic (exact) mass is 292 g/mol. The lowest BCUT2D eigenvalue weighted by Gasteiger charge is -2.24. The molecule has 0 saturated carbocycles. The molecule has 0 atom stereocenters. The smallest absolute Gasteiger partial charge is 0.264 e. The summed E-state index contributed by atoms with van der Waals surface area (Å²) in [5.41, 5.74) is 0.296. The third kappa shape index (κ3) is 14.1. The predicted octanol–water partition coefficient (Wildman–Crippen LogP) is 4.82. The molecule has 0 radical (unpaired) electrons. The molecule has 19 heavy (non-hydrogen) atoms. The van der Waals surface area contributed by atoms with Gasteiger partial charge in [0.2, 0.25) is 0 Å². The second kappa shape index (κ2) is 9.76. The molecule has 0 aliphatic rings. The molecular weight excluding hydrogens is 260 g/mol. The van der Waals surface area contributed by atoms with Crippen LogP contribution in [0, 0.1) is 5.41 Å². The first-order valence-corrected chi connectivity index (χ1v) is 9.33. The van der Waals surface area contributed by atoms with E-state index in [2.05, 4.69) is 20.8 Å². The van der Waals surface area contributed by atoms with Gasteiger partial charge in [0.1, 0.15) is 0 Å². The minimum atomic E-state index is -3.77. The first kappa shape index (κ1) is 18.9. The van der Waals surface area contributed by atoms with Gasteiger partial charge in [0.25, 0.3) is 10.1 Å². The van der Waals surface area contributed by atoms with E-state index in [1.54, 1.807) is 0 Å². The third-order valence-corrected chi connectivity index (χ3v) is 4.52. The Morgan fingerprint density at radius 1 is 0.842 bits per heavy atom. The van der Waals surface area contributed by atoms with Gasteiger partial charge in [-0.15, -0.1) is 0 Å². The van der Waals surface area contributed by atoms with Crippen molar-refractivity contribution >= 4 is 10.1 Å². The molecule has 0 heterocycles. The minimum absolute atomic E-state index is 0.0971. The number of hydrogen-bond acceptors (Lipinski definition) is 2. The van der Waals surface area contributed by atoms with Crippen molar-refractivity contribution in [2.75, 3.05) is 5.75 Å². The summed E-state index contributed by atoms with van der Waals surface area (Å²) >= 11 is 0. The molecule has 116 valence electrons. The number of unbranched alkanes of at least 4 members (excludes halogenated alkanes) is 6. The Bertz CT molecular complexity index is 307. The summed E-state index contributed by atoms with van der Waals surface area (Å²) in [6.07, 6.45) is 11.6. The van der Waals surface area contributed by atoms with E-state index in [9.17, 15) is 8.42 Å². The standard InChI is InChI=1S/C15H32O3S/c1-4-5-6-7-8-9-12-15(2,3)13-10-11-14-19(16,17)18/h4-14H2,1-3H3,(H,16,17,18). The van der Waals surface area contributed by atoms with Gasteiger partial charge in [-0.1, -0.05) is 65.7 Å². The van der Waals surface area contributed by atoms with E-state index in [-0.39, 0.29) is 5.75 Å². The van der Waals surface area contributed by atoms with Gasteiger partial charge in [0.15, 0.2) is 0 Å². The van der Waals surface area contributed by atoms with Crippen LogP contribution in [0.1, 0.15) is 85.0 Å². The fourth-order valence-electron chi connectivity index (χ4n) is 2.40. The minimum Gasteiger partial charge on any atom is -0.286 e. The predicted molar refractivity (Wildman–Crippen MR) is 82.0 cm³/mol. The summed E-state index contributed by atoms with van der Waals surface area (Å²) in [5, 5.41) is 0. The molecule has 0 aromatic rings. The van der Waals surface area contributed by atoms with Gasteiger partial charge in [0, 0.05) is 0 Å². The average molecular weight is 292 g/mol. The lowest BCUT2D eigenvalue weighted by Crippen LogP contribution is -2.12. The van der Waals surface area contributed by atoms with Gasteiger partial charge >= 0.3 is 0 Å². The molecule has 0 fully saturated rings. The van der Waals surface area contributed by atoms with Crippen LogP contribution in [-0.2, 0) is 10.1 Å². The third-order valence-electron chi connectivity index (χ3n) is 3.71. The van der Waals surface area contributed by atoms with Crippen LogP contribution in [0.5, 0.6) is 0 Å². The summed E-state index contributed by atoms with van der Waals surface area (Å²) < 4.78 is 29.9. The SMILES string of the molecule is CCCCCCCCC(C)(C)CCCCS(=O)(=O)O. The highest BCUT2D eigenvalue weighted by Gasteiger charge is 2.17. The molecule has 0 aromatic carbocycles. The summed E-state index contributed by atoms with van der Waals surface area (Å²) in [6.45, 7) is 6.74. The first-order valence-electron chi connectivity index (χ1n) is 7.72. The highest BCUT2D eigenvalue weighted by atomic mass is 32.2. The highest BCUT2D eigenvalue weighted by Crippen LogP contribution is 2.30. The fraction of sp³-hybridized carbons (Fsp3) is 1.00. The Hall–Kier alpha value is -0.0900. The highest BCUT2D eigenvalue weighted by molar-refractivity contribution is 7.85. The van der Waals surface area contributed by atoms with Crippen molar-refractivity contribution in [3.63, 3.8) is 0 Å². The van der Waals surface area contributed by atoms with Crippen LogP contribution in [-0.4, -0.2) is 18.7 Å². The van der Waals surface area contributed by atoms with E-state index in [0.717, 1.165) is 12.8 Å². The molecule has 1 N–H and O–H groups in total. The molecule has 3 nitrogen and oxygen atoms in total. The van der Waals surface area contributed by atoms with Crippen LogP contribution in [0.25, 0.3) is 0 Å². The second-order valence-corrected chi connectivity index (χ2v) is 8.00. The summed E-state index contributed by atoms with van der Waals surface area (Å²) in [7, 11) is -3.77. The van der Waals surface area contributed by atoms with Crippen molar-refractivity contribution in [3.8, 4) is 0 Å². The molecule has 0 aliphatic carbocycles. The molecule has 0 spiro atoms. The quantitative estimate of drug-likeness (QED) is 0.414. The lowest BCUT2D eigenvalue weighted by atomic mass is 9.82. The summed E-state index contributed by atoms with van der Waals surface area (Å²) in [5.74, 6) is -0.0971. The number of rotatable bonds is 12. The van der Waals surface area contributed by atoms with Crippen LogP contribution >= 0.6 is 0 Å². The zero-order valence-corrected chi connectivity index (χ0v) is 13.8. The molecule has 0 aliphatic heterocycles.